The fourth-order valence-corrected chi connectivity index (χ4v) is 4.07. The highest BCUT2D eigenvalue weighted by Crippen LogP contribution is 2.48. The molecule has 2 heterocycles. The maximum atomic E-state index is 12.7. The molecular weight excluding hydrogens is 394 g/mol. The van der Waals surface area contributed by atoms with Gasteiger partial charge in [0, 0.05) is 10.2 Å². The van der Waals surface area contributed by atoms with Crippen LogP contribution in [0.2, 0.25) is 0 Å². The molecule has 0 aromatic heterocycles. The minimum absolute atomic E-state index is 0.492. The van der Waals surface area contributed by atoms with Crippen LogP contribution in [0.3, 0.4) is 0 Å². The Morgan fingerprint density at radius 1 is 1.16 bits per heavy atom. The van der Waals surface area contributed by atoms with Crippen molar-refractivity contribution in [2.24, 2.45) is 11.8 Å². The van der Waals surface area contributed by atoms with Crippen LogP contribution in [0.1, 0.15) is 0 Å². The average molecular weight is 410 g/mol. The smallest absolute Gasteiger partial charge is 0.337 e. The van der Waals surface area contributed by atoms with E-state index < -0.39 is 41.4 Å². The number of esters is 3. The third-order valence-electron chi connectivity index (χ3n) is 4.44. The van der Waals surface area contributed by atoms with Crippen LogP contribution in [0.15, 0.2) is 40.9 Å². The summed E-state index contributed by atoms with van der Waals surface area (Å²) in [7, 11) is 2.43. The second kappa shape index (κ2) is 6.51. The lowest BCUT2D eigenvalue weighted by molar-refractivity contribution is -0.186. The first kappa shape index (κ1) is 17.5. The lowest BCUT2D eigenvalue weighted by Crippen LogP contribution is -2.68. The average Bonchev–Trinajstić information content (AvgIpc) is 2.62. The Hall–Kier alpha value is -2.35. The van der Waals surface area contributed by atoms with Crippen LogP contribution in [0, 0.1) is 11.8 Å². The van der Waals surface area contributed by atoms with Gasteiger partial charge in [-0.3, -0.25) is 9.59 Å². The first-order valence-corrected chi connectivity index (χ1v) is 8.32. The number of nitrogens with one attached hydrogen (secondary N) is 1. The van der Waals surface area contributed by atoms with Crippen molar-refractivity contribution in [1.29, 1.82) is 0 Å². The topological polar surface area (TPSA) is 90.9 Å². The van der Waals surface area contributed by atoms with Gasteiger partial charge in [0.15, 0.2) is 5.54 Å². The molecule has 8 heteroatoms. The standard InChI is InChI=1S/C17H16BrNO6/c1-23-14(20)11-12(15(21)24-2)17(19-9-6-4-3-5-7-9)8-10(18)13(11)25-16(17)22/h3-8,11-13,19H,1-2H3/t11-,12-,13+,17+/m0/s1. The predicted octanol–water partition coefficient (Wildman–Crippen LogP) is 1.63. The molecule has 2 aliphatic heterocycles. The van der Waals surface area contributed by atoms with Crippen molar-refractivity contribution in [2.75, 3.05) is 19.5 Å². The number of carbonyl (C=O) groups excluding carboxylic acids is 3. The van der Waals surface area contributed by atoms with E-state index >= 15 is 0 Å². The molecule has 1 N–H and O–H groups in total. The highest BCUT2D eigenvalue weighted by molar-refractivity contribution is 9.11. The molecule has 25 heavy (non-hydrogen) atoms. The molecule has 132 valence electrons. The van der Waals surface area contributed by atoms with Crippen molar-refractivity contribution in [3.63, 3.8) is 0 Å². The molecule has 4 rings (SSSR count). The number of rotatable bonds is 4. The first-order valence-electron chi connectivity index (χ1n) is 7.53. The van der Waals surface area contributed by atoms with Gasteiger partial charge in [-0.2, -0.15) is 0 Å². The van der Waals surface area contributed by atoms with Gasteiger partial charge in [-0.1, -0.05) is 34.1 Å². The second-order valence-electron chi connectivity index (χ2n) is 5.76. The maximum absolute atomic E-state index is 12.7. The molecule has 0 spiro atoms. The summed E-state index contributed by atoms with van der Waals surface area (Å²) in [4.78, 5) is 37.6. The van der Waals surface area contributed by atoms with Gasteiger partial charge in [0.05, 0.1) is 14.2 Å². The number of carbonyl (C=O) groups is 3. The number of methoxy groups -OCH3 is 2. The molecule has 0 saturated carbocycles. The summed E-state index contributed by atoms with van der Waals surface area (Å²) >= 11 is 3.34. The van der Waals surface area contributed by atoms with Crippen molar-refractivity contribution in [1.82, 2.24) is 0 Å². The third-order valence-corrected chi connectivity index (χ3v) is 5.12. The number of anilines is 1. The molecule has 3 aliphatic rings. The quantitative estimate of drug-likeness (QED) is 0.596. The zero-order chi connectivity index (χ0) is 18.2. The SMILES string of the molecule is COC(=O)[C@@H]1[C@@H]2OC(=O)[C@@](Nc3ccccc3)(C=C2Br)[C@@H]1C(=O)OC. The van der Waals surface area contributed by atoms with E-state index in [4.69, 9.17) is 14.2 Å². The highest BCUT2D eigenvalue weighted by atomic mass is 79.9. The van der Waals surface area contributed by atoms with Crippen LogP contribution in [0.5, 0.6) is 0 Å². The zero-order valence-corrected chi connectivity index (χ0v) is 15.1. The van der Waals surface area contributed by atoms with Crippen LogP contribution in [0.4, 0.5) is 5.69 Å². The molecule has 1 aliphatic carbocycles. The van der Waals surface area contributed by atoms with Gasteiger partial charge in [0.2, 0.25) is 0 Å². The summed E-state index contributed by atoms with van der Waals surface area (Å²) in [5.74, 6) is -4.16. The van der Waals surface area contributed by atoms with E-state index in [9.17, 15) is 14.4 Å². The molecule has 1 aromatic rings. The van der Waals surface area contributed by atoms with E-state index in [1.165, 1.54) is 14.2 Å². The normalized spacial score (nSPS) is 30.1. The van der Waals surface area contributed by atoms with Gasteiger partial charge in [0.25, 0.3) is 0 Å². The molecule has 0 amide bonds. The van der Waals surface area contributed by atoms with Crippen molar-refractivity contribution in [3.05, 3.63) is 40.9 Å². The molecule has 1 fully saturated rings. The number of hydrogen-bond donors (Lipinski definition) is 1. The lowest BCUT2D eigenvalue weighted by Gasteiger charge is -2.49. The predicted molar refractivity (Wildman–Crippen MR) is 90.7 cm³/mol. The number of hydrogen-bond acceptors (Lipinski definition) is 7. The fourth-order valence-electron chi connectivity index (χ4n) is 3.33. The number of halogens is 1. The van der Waals surface area contributed by atoms with E-state index in [0.717, 1.165) is 0 Å². The Balaban J connectivity index is 2.15. The zero-order valence-electron chi connectivity index (χ0n) is 13.5. The molecule has 1 aromatic carbocycles. The van der Waals surface area contributed by atoms with Crippen LogP contribution in [0.25, 0.3) is 0 Å². The molecule has 0 radical (unpaired) electrons. The summed E-state index contributed by atoms with van der Waals surface area (Å²) < 4.78 is 15.6. The molecule has 0 unspecified atom stereocenters. The van der Waals surface area contributed by atoms with Gasteiger partial charge in [-0.25, -0.2) is 4.79 Å². The van der Waals surface area contributed by atoms with Crippen LogP contribution < -0.4 is 5.32 Å². The Bertz CT molecular complexity index is 749. The van der Waals surface area contributed by atoms with Crippen LogP contribution in [-0.4, -0.2) is 43.8 Å². The monoisotopic (exact) mass is 409 g/mol. The van der Waals surface area contributed by atoms with E-state index in [1.54, 1.807) is 30.3 Å². The second-order valence-corrected chi connectivity index (χ2v) is 6.68. The summed E-state index contributed by atoms with van der Waals surface area (Å²) in [6.07, 6.45) is 0.640. The number of benzene rings is 1. The third kappa shape index (κ3) is 2.70. The summed E-state index contributed by atoms with van der Waals surface area (Å²) in [6.45, 7) is 0. The Labute approximate surface area is 152 Å². The molecular formula is C17H16BrNO6. The van der Waals surface area contributed by atoms with E-state index in [1.807, 2.05) is 6.07 Å². The van der Waals surface area contributed by atoms with E-state index in [0.29, 0.717) is 10.2 Å². The summed E-state index contributed by atoms with van der Waals surface area (Å²) in [6, 6.07) is 8.86. The van der Waals surface area contributed by atoms with Crippen molar-refractivity contribution >= 4 is 39.5 Å². The highest BCUT2D eigenvalue weighted by Gasteiger charge is 2.66. The van der Waals surface area contributed by atoms with Gasteiger partial charge in [-0.05, 0) is 18.2 Å². The fraction of sp³-hybridized carbons (Fsp3) is 0.353. The molecule has 1 saturated heterocycles. The Kier molecular flexibility index (Phi) is 4.55. The maximum Gasteiger partial charge on any atom is 0.337 e. The number of ether oxygens (including phenoxy) is 3. The minimum atomic E-state index is -1.58. The summed E-state index contributed by atoms with van der Waals surface area (Å²) in [5, 5.41) is 3.05. The van der Waals surface area contributed by atoms with Gasteiger partial charge >= 0.3 is 17.9 Å². The van der Waals surface area contributed by atoms with Crippen molar-refractivity contribution < 1.29 is 28.6 Å². The van der Waals surface area contributed by atoms with E-state index in [-0.39, 0.29) is 0 Å². The molecule has 2 bridgehead atoms. The lowest BCUT2D eigenvalue weighted by atomic mass is 9.66. The minimum Gasteiger partial charge on any atom is -0.469 e. The Morgan fingerprint density at radius 3 is 2.40 bits per heavy atom. The van der Waals surface area contributed by atoms with E-state index in [2.05, 4.69) is 21.2 Å². The van der Waals surface area contributed by atoms with Crippen molar-refractivity contribution in [3.8, 4) is 0 Å². The number of fused-ring (bicyclic) bond motifs is 2. The Morgan fingerprint density at radius 2 is 1.80 bits per heavy atom. The summed E-state index contributed by atoms with van der Waals surface area (Å²) in [5.41, 5.74) is -0.991. The van der Waals surface area contributed by atoms with Crippen molar-refractivity contribution in [2.45, 2.75) is 11.6 Å². The first-order chi connectivity index (χ1) is 11.9. The number of para-hydroxylation sites is 1. The van der Waals surface area contributed by atoms with Gasteiger partial charge in [-0.15, -0.1) is 0 Å². The molecule has 4 atom stereocenters. The van der Waals surface area contributed by atoms with Crippen LogP contribution >= 0.6 is 15.9 Å². The largest absolute Gasteiger partial charge is 0.469 e. The van der Waals surface area contributed by atoms with Gasteiger partial charge < -0.3 is 19.5 Å². The van der Waals surface area contributed by atoms with Gasteiger partial charge in [0.1, 0.15) is 17.9 Å². The van der Waals surface area contributed by atoms with Crippen LogP contribution in [-0.2, 0) is 28.6 Å². The molecule has 7 nitrogen and oxygen atoms in total.